The second-order valence-electron chi connectivity index (χ2n) is 4.93. The highest BCUT2D eigenvalue weighted by Gasteiger charge is 2.11. The highest BCUT2D eigenvalue weighted by molar-refractivity contribution is 6.05. The van der Waals surface area contributed by atoms with Gasteiger partial charge in [-0.25, -0.2) is 0 Å². The fourth-order valence-corrected chi connectivity index (χ4v) is 2.84. The Bertz CT molecular complexity index is 916. The molecule has 1 aromatic heterocycles. The zero-order chi connectivity index (χ0) is 13.5. The standard InChI is InChI=1S/C18H13NO/c20-19-12-17(16-9-3-4-11-18(16)19)15-10-5-7-13-6-1-2-8-14(13)15/h1-12,20H. The number of aromatic nitrogens is 1. The zero-order valence-electron chi connectivity index (χ0n) is 10.8. The molecule has 4 rings (SSSR count). The third kappa shape index (κ3) is 1.51. The molecule has 20 heavy (non-hydrogen) atoms. The van der Waals surface area contributed by atoms with Crippen molar-refractivity contribution in [3.63, 3.8) is 0 Å². The largest absolute Gasteiger partial charge is 0.428 e. The molecule has 2 heteroatoms. The Labute approximate surface area is 116 Å². The molecule has 0 aliphatic carbocycles. The minimum atomic E-state index is 0.829. The molecule has 0 saturated heterocycles. The monoisotopic (exact) mass is 259 g/mol. The van der Waals surface area contributed by atoms with E-state index in [9.17, 15) is 5.21 Å². The summed E-state index contributed by atoms with van der Waals surface area (Å²) in [6.07, 6.45) is 1.78. The van der Waals surface area contributed by atoms with Crippen LogP contribution in [0, 0.1) is 0 Å². The molecule has 0 amide bonds. The van der Waals surface area contributed by atoms with Gasteiger partial charge in [0.25, 0.3) is 0 Å². The molecule has 2 nitrogen and oxygen atoms in total. The van der Waals surface area contributed by atoms with Crippen molar-refractivity contribution in [2.45, 2.75) is 0 Å². The molecule has 0 aliphatic rings. The first-order valence-electron chi connectivity index (χ1n) is 6.62. The Morgan fingerprint density at radius 2 is 1.35 bits per heavy atom. The second-order valence-corrected chi connectivity index (χ2v) is 4.93. The summed E-state index contributed by atoms with van der Waals surface area (Å²) in [5.41, 5.74) is 3.03. The van der Waals surface area contributed by atoms with E-state index in [-0.39, 0.29) is 0 Å². The van der Waals surface area contributed by atoms with Crippen LogP contribution in [-0.2, 0) is 0 Å². The van der Waals surface area contributed by atoms with Crippen molar-refractivity contribution in [1.29, 1.82) is 0 Å². The van der Waals surface area contributed by atoms with Gasteiger partial charge in [0.05, 0.1) is 11.7 Å². The van der Waals surface area contributed by atoms with Crippen molar-refractivity contribution in [1.82, 2.24) is 4.73 Å². The lowest BCUT2D eigenvalue weighted by Crippen LogP contribution is -1.84. The molecular formula is C18H13NO. The van der Waals surface area contributed by atoms with Gasteiger partial charge >= 0.3 is 0 Å². The summed E-state index contributed by atoms with van der Waals surface area (Å²) < 4.78 is 1.20. The summed E-state index contributed by atoms with van der Waals surface area (Å²) in [6, 6.07) is 22.5. The number of fused-ring (bicyclic) bond motifs is 2. The summed E-state index contributed by atoms with van der Waals surface area (Å²) >= 11 is 0. The first-order valence-corrected chi connectivity index (χ1v) is 6.62. The fraction of sp³-hybridized carbons (Fsp3) is 0. The predicted octanol–water partition coefficient (Wildman–Crippen LogP) is 4.70. The average molecular weight is 259 g/mol. The number of benzene rings is 3. The van der Waals surface area contributed by atoms with Crippen LogP contribution in [0.25, 0.3) is 32.8 Å². The maximum absolute atomic E-state index is 10.0. The van der Waals surface area contributed by atoms with Gasteiger partial charge in [0.2, 0.25) is 0 Å². The summed E-state index contributed by atoms with van der Waals surface area (Å²) in [5, 5.41) is 13.5. The van der Waals surface area contributed by atoms with Gasteiger partial charge < -0.3 is 5.21 Å². The van der Waals surface area contributed by atoms with E-state index in [4.69, 9.17) is 0 Å². The van der Waals surface area contributed by atoms with Gasteiger partial charge in [0.15, 0.2) is 0 Å². The molecule has 0 bridgehead atoms. The molecule has 3 aromatic carbocycles. The van der Waals surface area contributed by atoms with Crippen molar-refractivity contribution < 1.29 is 5.21 Å². The molecule has 0 spiro atoms. The van der Waals surface area contributed by atoms with Crippen LogP contribution >= 0.6 is 0 Å². The molecule has 0 fully saturated rings. The summed E-state index contributed by atoms with van der Waals surface area (Å²) in [5.74, 6) is 0. The smallest absolute Gasteiger partial charge is 0.0871 e. The van der Waals surface area contributed by atoms with E-state index in [1.807, 2.05) is 36.4 Å². The third-order valence-corrected chi connectivity index (χ3v) is 3.77. The lowest BCUT2D eigenvalue weighted by molar-refractivity contribution is 0.200. The number of nitrogens with zero attached hydrogens (tertiary/aromatic N) is 1. The molecule has 0 radical (unpaired) electrons. The first-order chi connectivity index (χ1) is 9.84. The van der Waals surface area contributed by atoms with Crippen LogP contribution in [0.4, 0.5) is 0 Å². The van der Waals surface area contributed by atoms with Crippen LogP contribution < -0.4 is 0 Å². The van der Waals surface area contributed by atoms with E-state index in [0.29, 0.717) is 0 Å². The fourth-order valence-electron chi connectivity index (χ4n) is 2.84. The van der Waals surface area contributed by atoms with Gasteiger partial charge in [-0.2, -0.15) is 4.73 Å². The molecule has 1 N–H and O–H groups in total. The Balaban J connectivity index is 2.12. The molecule has 96 valence electrons. The maximum atomic E-state index is 10.0. The van der Waals surface area contributed by atoms with Crippen LogP contribution in [-0.4, -0.2) is 9.94 Å². The van der Waals surface area contributed by atoms with E-state index < -0.39 is 0 Å². The van der Waals surface area contributed by atoms with Gasteiger partial charge in [-0.05, 0) is 22.4 Å². The third-order valence-electron chi connectivity index (χ3n) is 3.77. The Kier molecular flexibility index (Phi) is 2.30. The minimum absolute atomic E-state index is 0.829. The summed E-state index contributed by atoms with van der Waals surface area (Å²) in [4.78, 5) is 0. The van der Waals surface area contributed by atoms with Crippen LogP contribution in [0.2, 0.25) is 0 Å². The van der Waals surface area contributed by atoms with E-state index in [1.165, 1.54) is 15.5 Å². The molecule has 0 atom stereocenters. The van der Waals surface area contributed by atoms with Gasteiger partial charge in [0, 0.05) is 10.9 Å². The summed E-state index contributed by atoms with van der Waals surface area (Å²) in [6.45, 7) is 0. The maximum Gasteiger partial charge on any atom is 0.0871 e. The van der Waals surface area contributed by atoms with E-state index >= 15 is 0 Å². The van der Waals surface area contributed by atoms with Crippen LogP contribution in [0.1, 0.15) is 0 Å². The Hall–Kier alpha value is -2.74. The zero-order valence-corrected chi connectivity index (χ0v) is 10.8. The minimum Gasteiger partial charge on any atom is -0.428 e. The number of para-hydroxylation sites is 1. The highest BCUT2D eigenvalue weighted by atomic mass is 16.5. The van der Waals surface area contributed by atoms with Crippen molar-refractivity contribution >= 4 is 21.7 Å². The SMILES string of the molecule is On1cc(-c2cccc3ccccc23)c2ccccc21. The van der Waals surface area contributed by atoms with Crippen molar-refractivity contribution in [2.75, 3.05) is 0 Å². The topological polar surface area (TPSA) is 25.2 Å². The van der Waals surface area contributed by atoms with Crippen molar-refractivity contribution in [3.05, 3.63) is 72.9 Å². The van der Waals surface area contributed by atoms with Gasteiger partial charge in [-0.3, -0.25) is 0 Å². The highest BCUT2D eigenvalue weighted by Crippen LogP contribution is 2.34. The van der Waals surface area contributed by atoms with Crippen molar-refractivity contribution in [3.8, 4) is 11.1 Å². The molecule has 0 saturated carbocycles. The molecule has 0 aliphatic heterocycles. The van der Waals surface area contributed by atoms with Crippen LogP contribution in [0.3, 0.4) is 0 Å². The average Bonchev–Trinajstić information content (AvgIpc) is 2.84. The van der Waals surface area contributed by atoms with Crippen LogP contribution in [0.5, 0.6) is 0 Å². The predicted molar refractivity (Wildman–Crippen MR) is 82.1 cm³/mol. The van der Waals surface area contributed by atoms with E-state index in [0.717, 1.165) is 22.0 Å². The Morgan fingerprint density at radius 3 is 2.25 bits per heavy atom. The number of hydrogen-bond donors (Lipinski definition) is 1. The molecule has 1 heterocycles. The van der Waals surface area contributed by atoms with E-state index in [2.05, 4.69) is 30.3 Å². The quantitative estimate of drug-likeness (QED) is 0.492. The Morgan fingerprint density at radius 1 is 0.650 bits per heavy atom. The summed E-state index contributed by atoms with van der Waals surface area (Å²) in [7, 11) is 0. The van der Waals surface area contributed by atoms with E-state index in [1.54, 1.807) is 6.20 Å². The first kappa shape index (κ1) is 11.1. The lowest BCUT2D eigenvalue weighted by Gasteiger charge is -2.05. The molecule has 0 unspecified atom stereocenters. The lowest BCUT2D eigenvalue weighted by atomic mass is 9.98. The molecular weight excluding hydrogens is 246 g/mol. The number of hydrogen-bond acceptors (Lipinski definition) is 1. The van der Waals surface area contributed by atoms with Gasteiger partial charge in [0.1, 0.15) is 0 Å². The van der Waals surface area contributed by atoms with Crippen molar-refractivity contribution in [2.24, 2.45) is 0 Å². The van der Waals surface area contributed by atoms with Gasteiger partial charge in [-0.1, -0.05) is 60.7 Å². The van der Waals surface area contributed by atoms with Gasteiger partial charge in [-0.15, -0.1) is 0 Å². The molecule has 4 aromatic rings. The second kappa shape index (κ2) is 4.14. The number of rotatable bonds is 1. The van der Waals surface area contributed by atoms with Crippen LogP contribution in [0.15, 0.2) is 72.9 Å². The normalized spacial score (nSPS) is 11.2.